The monoisotopic (exact) mass is 364 g/mol. The first-order valence-electron chi connectivity index (χ1n) is 8.99. The summed E-state index contributed by atoms with van der Waals surface area (Å²) < 4.78 is 5.45. The zero-order chi connectivity index (χ0) is 16.9. The van der Waals surface area contributed by atoms with Crippen molar-refractivity contribution in [1.82, 2.24) is 15.0 Å². The molecule has 2 N–H and O–H groups in total. The van der Waals surface area contributed by atoms with Crippen molar-refractivity contribution in [2.45, 2.75) is 64.1 Å². The molecule has 25 heavy (non-hydrogen) atoms. The molecule has 0 bridgehead atoms. The molecule has 1 atom stereocenters. The van der Waals surface area contributed by atoms with Gasteiger partial charge in [0.25, 0.3) is 0 Å². The SMILES string of the molecule is CC(N)Cc1ccc(-c2noc(CN(C)C3CCCCC3)n2)cc1.Cl. The fourth-order valence-corrected chi connectivity index (χ4v) is 3.46. The van der Waals surface area contributed by atoms with Crippen molar-refractivity contribution in [3.63, 3.8) is 0 Å². The van der Waals surface area contributed by atoms with Gasteiger partial charge >= 0.3 is 0 Å². The molecular weight excluding hydrogens is 336 g/mol. The Kier molecular flexibility index (Phi) is 7.41. The first-order valence-corrected chi connectivity index (χ1v) is 8.99. The Morgan fingerprint density at radius 1 is 1.20 bits per heavy atom. The lowest BCUT2D eigenvalue weighted by Crippen LogP contribution is -2.32. The Labute approximate surface area is 156 Å². The lowest BCUT2D eigenvalue weighted by Gasteiger charge is -2.29. The summed E-state index contributed by atoms with van der Waals surface area (Å²) in [5, 5.41) is 4.14. The minimum Gasteiger partial charge on any atom is -0.338 e. The van der Waals surface area contributed by atoms with Crippen LogP contribution in [0.15, 0.2) is 28.8 Å². The highest BCUT2D eigenvalue weighted by atomic mass is 35.5. The molecule has 2 aromatic rings. The smallest absolute Gasteiger partial charge is 0.241 e. The predicted molar refractivity (Wildman–Crippen MR) is 103 cm³/mol. The quantitative estimate of drug-likeness (QED) is 0.844. The van der Waals surface area contributed by atoms with E-state index in [0.717, 1.165) is 18.5 Å². The van der Waals surface area contributed by atoms with Crippen LogP contribution in [0.1, 0.15) is 50.5 Å². The maximum Gasteiger partial charge on any atom is 0.241 e. The third-order valence-corrected chi connectivity index (χ3v) is 4.82. The zero-order valence-electron chi connectivity index (χ0n) is 15.1. The van der Waals surface area contributed by atoms with Gasteiger partial charge in [-0.1, -0.05) is 48.7 Å². The van der Waals surface area contributed by atoms with E-state index in [9.17, 15) is 0 Å². The molecule has 1 aliphatic rings. The van der Waals surface area contributed by atoms with Gasteiger partial charge in [0.05, 0.1) is 6.54 Å². The van der Waals surface area contributed by atoms with E-state index in [2.05, 4.69) is 34.2 Å². The third-order valence-electron chi connectivity index (χ3n) is 4.82. The number of benzene rings is 1. The van der Waals surface area contributed by atoms with Gasteiger partial charge in [0.1, 0.15) is 0 Å². The lowest BCUT2D eigenvalue weighted by atomic mass is 9.94. The second kappa shape index (κ2) is 9.32. The molecule has 1 saturated carbocycles. The van der Waals surface area contributed by atoms with Gasteiger partial charge < -0.3 is 10.3 Å². The molecule has 1 aromatic heterocycles. The van der Waals surface area contributed by atoms with E-state index in [0.29, 0.717) is 17.8 Å². The Balaban J connectivity index is 0.00000225. The molecule has 0 saturated heterocycles. The number of rotatable bonds is 6. The number of hydrogen-bond acceptors (Lipinski definition) is 5. The van der Waals surface area contributed by atoms with E-state index < -0.39 is 0 Å². The largest absolute Gasteiger partial charge is 0.338 e. The average Bonchev–Trinajstić information content (AvgIpc) is 3.04. The van der Waals surface area contributed by atoms with Crippen LogP contribution in [0, 0.1) is 0 Å². The van der Waals surface area contributed by atoms with E-state index >= 15 is 0 Å². The summed E-state index contributed by atoms with van der Waals surface area (Å²) in [6.07, 6.45) is 7.46. The zero-order valence-corrected chi connectivity index (χ0v) is 16.0. The van der Waals surface area contributed by atoms with E-state index in [-0.39, 0.29) is 18.4 Å². The van der Waals surface area contributed by atoms with E-state index in [1.54, 1.807) is 0 Å². The van der Waals surface area contributed by atoms with Gasteiger partial charge in [0.15, 0.2) is 0 Å². The second-order valence-electron chi connectivity index (χ2n) is 7.10. The van der Waals surface area contributed by atoms with Crippen LogP contribution in [0.5, 0.6) is 0 Å². The summed E-state index contributed by atoms with van der Waals surface area (Å²) in [4.78, 5) is 6.91. The highest BCUT2D eigenvalue weighted by Gasteiger charge is 2.20. The molecule has 1 heterocycles. The standard InChI is InChI=1S/C19H28N4O.ClH/c1-14(20)12-15-8-10-16(11-9-15)19-21-18(24-22-19)13-23(2)17-6-4-3-5-7-17;/h8-11,14,17H,3-7,12-13,20H2,1-2H3;1H. The van der Waals surface area contributed by atoms with Crippen LogP contribution in [-0.2, 0) is 13.0 Å². The van der Waals surface area contributed by atoms with Crippen LogP contribution in [0.25, 0.3) is 11.4 Å². The van der Waals surface area contributed by atoms with E-state index in [1.807, 2.05) is 19.1 Å². The maximum atomic E-state index is 5.84. The summed E-state index contributed by atoms with van der Waals surface area (Å²) in [7, 11) is 2.16. The Morgan fingerprint density at radius 2 is 1.88 bits per heavy atom. The predicted octanol–water partition coefficient (Wildman–Crippen LogP) is 3.81. The highest BCUT2D eigenvalue weighted by molar-refractivity contribution is 5.85. The van der Waals surface area contributed by atoms with Crippen molar-refractivity contribution in [1.29, 1.82) is 0 Å². The van der Waals surface area contributed by atoms with Gasteiger partial charge in [-0.2, -0.15) is 4.98 Å². The van der Waals surface area contributed by atoms with Crippen molar-refractivity contribution in [3.05, 3.63) is 35.7 Å². The number of nitrogens with two attached hydrogens (primary N) is 1. The number of aromatic nitrogens is 2. The van der Waals surface area contributed by atoms with Crippen molar-refractivity contribution >= 4 is 12.4 Å². The molecule has 5 nitrogen and oxygen atoms in total. The first-order chi connectivity index (χ1) is 11.6. The Bertz CT molecular complexity index is 635. The molecular formula is C19H29ClN4O. The summed E-state index contributed by atoms with van der Waals surface area (Å²) in [6.45, 7) is 2.74. The molecule has 138 valence electrons. The molecule has 0 spiro atoms. The van der Waals surface area contributed by atoms with Crippen molar-refractivity contribution < 1.29 is 4.52 Å². The van der Waals surface area contributed by atoms with Gasteiger partial charge in [0, 0.05) is 17.6 Å². The van der Waals surface area contributed by atoms with Gasteiger partial charge in [-0.05, 0) is 38.8 Å². The fourth-order valence-electron chi connectivity index (χ4n) is 3.46. The van der Waals surface area contributed by atoms with Crippen molar-refractivity contribution in [3.8, 4) is 11.4 Å². The molecule has 1 aliphatic carbocycles. The number of nitrogens with zero attached hydrogens (tertiary/aromatic N) is 3. The normalized spacial score (nSPS) is 16.6. The fraction of sp³-hybridized carbons (Fsp3) is 0.579. The van der Waals surface area contributed by atoms with Crippen molar-refractivity contribution in [2.75, 3.05) is 7.05 Å². The van der Waals surface area contributed by atoms with Gasteiger partial charge in [-0.25, -0.2) is 0 Å². The minimum atomic E-state index is 0. The molecule has 3 rings (SSSR count). The van der Waals surface area contributed by atoms with Crippen LogP contribution in [0.2, 0.25) is 0 Å². The molecule has 6 heteroatoms. The Hall–Kier alpha value is -1.43. The molecule has 0 aliphatic heterocycles. The van der Waals surface area contributed by atoms with Crippen LogP contribution < -0.4 is 5.73 Å². The highest BCUT2D eigenvalue weighted by Crippen LogP contribution is 2.23. The summed E-state index contributed by atoms with van der Waals surface area (Å²) >= 11 is 0. The van der Waals surface area contributed by atoms with Gasteiger partial charge in [0.2, 0.25) is 11.7 Å². The molecule has 1 aromatic carbocycles. The van der Waals surface area contributed by atoms with E-state index in [1.165, 1.54) is 37.7 Å². The summed E-state index contributed by atoms with van der Waals surface area (Å²) in [6, 6.07) is 9.06. The van der Waals surface area contributed by atoms with Crippen LogP contribution in [0.3, 0.4) is 0 Å². The minimum absolute atomic E-state index is 0. The number of halogens is 1. The molecule has 1 fully saturated rings. The first kappa shape index (κ1) is 19.9. The second-order valence-corrected chi connectivity index (χ2v) is 7.10. The van der Waals surface area contributed by atoms with Crippen molar-refractivity contribution in [2.24, 2.45) is 5.73 Å². The average molecular weight is 365 g/mol. The Morgan fingerprint density at radius 3 is 2.52 bits per heavy atom. The summed E-state index contributed by atoms with van der Waals surface area (Å²) in [5.41, 5.74) is 8.06. The van der Waals surface area contributed by atoms with Crippen LogP contribution in [-0.4, -0.2) is 34.2 Å². The van der Waals surface area contributed by atoms with Crippen LogP contribution >= 0.6 is 12.4 Å². The van der Waals surface area contributed by atoms with E-state index in [4.69, 9.17) is 10.3 Å². The molecule has 0 amide bonds. The lowest BCUT2D eigenvalue weighted by molar-refractivity contribution is 0.165. The maximum absolute atomic E-state index is 5.84. The summed E-state index contributed by atoms with van der Waals surface area (Å²) in [5.74, 6) is 1.35. The third kappa shape index (κ3) is 5.53. The van der Waals surface area contributed by atoms with Crippen LogP contribution in [0.4, 0.5) is 0 Å². The molecule has 1 unspecified atom stereocenters. The van der Waals surface area contributed by atoms with Gasteiger partial charge in [-0.3, -0.25) is 4.90 Å². The topological polar surface area (TPSA) is 68.2 Å². The van der Waals surface area contributed by atoms with Gasteiger partial charge in [-0.15, -0.1) is 12.4 Å². The number of hydrogen-bond donors (Lipinski definition) is 1. The molecule has 0 radical (unpaired) electrons.